The van der Waals surface area contributed by atoms with Crippen LogP contribution in [-0.2, 0) is 23.9 Å². The molecule has 0 saturated heterocycles. The van der Waals surface area contributed by atoms with Gasteiger partial charge >= 0.3 is 11.9 Å². The van der Waals surface area contributed by atoms with Crippen molar-refractivity contribution in [3.05, 3.63) is 103 Å². The highest BCUT2D eigenvalue weighted by atomic mass is 32.1. The molecule has 1 amide bonds. The van der Waals surface area contributed by atoms with Crippen LogP contribution < -0.4 is 24.5 Å². The zero-order chi connectivity index (χ0) is 32.5. The highest BCUT2D eigenvalue weighted by Crippen LogP contribution is 2.41. The zero-order valence-corrected chi connectivity index (χ0v) is 26.8. The third-order valence-electron chi connectivity index (χ3n) is 8.03. The van der Waals surface area contributed by atoms with Crippen molar-refractivity contribution >= 4 is 51.2 Å². The predicted molar refractivity (Wildman–Crippen MR) is 175 cm³/mol. The van der Waals surface area contributed by atoms with Gasteiger partial charge in [0.25, 0.3) is 11.5 Å². The maximum atomic E-state index is 14.7. The topological polar surface area (TPSA) is 117 Å². The van der Waals surface area contributed by atoms with Crippen LogP contribution in [0.2, 0.25) is 0 Å². The molecule has 0 spiro atoms. The van der Waals surface area contributed by atoms with E-state index in [1.54, 1.807) is 45.2 Å². The minimum Gasteiger partial charge on any atom is -0.496 e. The molecular formula is C35H33N3O7S. The highest BCUT2D eigenvalue weighted by molar-refractivity contribution is 7.07. The summed E-state index contributed by atoms with van der Waals surface area (Å²) >= 11 is 1.09. The zero-order valence-electron chi connectivity index (χ0n) is 26.0. The first-order valence-electron chi connectivity index (χ1n) is 15.2. The molecule has 4 aromatic rings. The minimum atomic E-state index is -0.949. The van der Waals surface area contributed by atoms with Crippen molar-refractivity contribution in [3.8, 4) is 5.75 Å². The van der Waals surface area contributed by atoms with Crippen molar-refractivity contribution in [2.24, 2.45) is 4.99 Å². The molecule has 10 nitrogen and oxygen atoms in total. The average Bonchev–Trinajstić information content (AvgIpc) is 3.52. The molecule has 236 valence electrons. The summed E-state index contributed by atoms with van der Waals surface area (Å²) in [5, 5.41) is 1.70. The number of hydrogen-bond donors (Lipinski definition) is 0. The molecule has 11 heteroatoms. The lowest BCUT2D eigenvalue weighted by Gasteiger charge is -2.28. The Morgan fingerprint density at radius 2 is 1.67 bits per heavy atom. The van der Waals surface area contributed by atoms with E-state index in [4.69, 9.17) is 19.2 Å². The van der Waals surface area contributed by atoms with Gasteiger partial charge in [-0.25, -0.2) is 9.79 Å². The van der Waals surface area contributed by atoms with E-state index in [1.807, 2.05) is 43.3 Å². The summed E-state index contributed by atoms with van der Waals surface area (Å²) < 4.78 is 18.2. The SMILES string of the molecule is CCCC1=C(C(=O)OCC)[C@@H](c2c(OC)ccc3ccccc23)n2c(s/c(=C3/C(=O)N(CC(=O)OCC)c4ccccc43)c2=O)=N1. The third-order valence-corrected chi connectivity index (χ3v) is 9.09. The fraction of sp³-hybridized carbons (Fsp3) is 0.286. The number of nitrogens with zero attached hydrogens (tertiary/aromatic N) is 3. The largest absolute Gasteiger partial charge is 0.496 e. The summed E-state index contributed by atoms with van der Waals surface area (Å²) in [5.41, 5.74) is 2.10. The van der Waals surface area contributed by atoms with Crippen LogP contribution in [0.1, 0.15) is 50.8 Å². The molecule has 0 bridgehead atoms. The molecule has 3 heterocycles. The Hall–Kier alpha value is -5.03. The molecule has 46 heavy (non-hydrogen) atoms. The van der Waals surface area contributed by atoms with Gasteiger partial charge in [-0.1, -0.05) is 73.2 Å². The van der Waals surface area contributed by atoms with Crippen LogP contribution in [0.25, 0.3) is 16.3 Å². The maximum Gasteiger partial charge on any atom is 0.338 e. The molecule has 0 aliphatic carbocycles. The Bertz CT molecular complexity index is 2110. The fourth-order valence-electron chi connectivity index (χ4n) is 6.17. The van der Waals surface area contributed by atoms with Gasteiger partial charge in [-0.2, -0.15) is 0 Å². The number of carbonyl (C=O) groups excluding carboxylic acids is 3. The number of allylic oxidation sites excluding steroid dienone is 1. The van der Waals surface area contributed by atoms with Crippen molar-refractivity contribution in [3.63, 3.8) is 0 Å². The standard InChI is InChI=1S/C35H33N3O7S/c1-5-12-23-29(34(42)45-7-3)30(27-21-14-9-8-13-20(21)17-18-25(27)43-4)38-33(41)31(46-35(38)36-23)28-22-15-10-11-16-24(22)37(32(28)40)19-26(39)44-6-2/h8-11,13-18,30H,5-7,12,19H2,1-4H3/b31-28+/t30-/m1/s1. The Balaban J connectivity index is 1.69. The highest BCUT2D eigenvalue weighted by Gasteiger charge is 2.39. The maximum absolute atomic E-state index is 14.7. The second kappa shape index (κ2) is 12.8. The molecule has 2 aliphatic heterocycles. The number of para-hydroxylation sites is 1. The van der Waals surface area contributed by atoms with E-state index in [2.05, 4.69) is 0 Å². The summed E-state index contributed by atoms with van der Waals surface area (Å²) in [6.07, 6.45) is 1.15. The van der Waals surface area contributed by atoms with E-state index in [0.717, 1.165) is 22.1 Å². The number of carbonyl (C=O) groups is 3. The monoisotopic (exact) mass is 639 g/mol. The second-order valence-corrected chi connectivity index (χ2v) is 11.7. The number of esters is 2. The molecular weight excluding hydrogens is 606 g/mol. The van der Waals surface area contributed by atoms with Crippen LogP contribution >= 0.6 is 11.3 Å². The number of benzene rings is 3. The van der Waals surface area contributed by atoms with E-state index in [1.165, 1.54) is 9.47 Å². The lowest BCUT2D eigenvalue weighted by atomic mass is 9.90. The van der Waals surface area contributed by atoms with Crippen molar-refractivity contribution in [1.82, 2.24) is 4.57 Å². The lowest BCUT2D eigenvalue weighted by molar-refractivity contribution is -0.142. The van der Waals surface area contributed by atoms with E-state index in [-0.39, 0.29) is 35.4 Å². The number of methoxy groups -OCH3 is 1. The first-order chi connectivity index (χ1) is 22.3. The molecule has 0 N–H and O–H groups in total. The van der Waals surface area contributed by atoms with Gasteiger partial charge in [-0.15, -0.1) is 0 Å². The van der Waals surface area contributed by atoms with Crippen LogP contribution in [0.5, 0.6) is 5.75 Å². The first-order valence-corrected chi connectivity index (χ1v) is 16.0. The van der Waals surface area contributed by atoms with Crippen molar-refractivity contribution in [2.75, 3.05) is 31.8 Å². The molecule has 1 atom stereocenters. The van der Waals surface area contributed by atoms with E-state index in [9.17, 15) is 19.2 Å². The Labute approximate surface area is 268 Å². The molecule has 0 saturated carbocycles. The van der Waals surface area contributed by atoms with Gasteiger partial charge in [0.15, 0.2) is 4.80 Å². The minimum absolute atomic E-state index is 0.136. The number of fused-ring (bicyclic) bond motifs is 3. The molecule has 1 aromatic heterocycles. The lowest BCUT2D eigenvalue weighted by Crippen LogP contribution is -2.41. The van der Waals surface area contributed by atoms with Crippen molar-refractivity contribution in [1.29, 1.82) is 0 Å². The van der Waals surface area contributed by atoms with Crippen molar-refractivity contribution in [2.45, 2.75) is 39.7 Å². The van der Waals surface area contributed by atoms with Gasteiger partial charge in [0.05, 0.1) is 42.9 Å². The Kier molecular flexibility index (Phi) is 8.59. The van der Waals surface area contributed by atoms with Crippen LogP contribution in [0, 0.1) is 0 Å². The van der Waals surface area contributed by atoms with Crippen LogP contribution in [0.15, 0.2) is 81.7 Å². The van der Waals surface area contributed by atoms with Gasteiger partial charge in [0, 0.05) is 11.1 Å². The van der Waals surface area contributed by atoms with Gasteiger partial charge < -0.3 is 14.2 Å². The molecule has 6 rings (SSSR count). The molecule has 0 unspecified atom stereocenters. The molecule has 0 fully saturated rings. The summed E-state index contributed by atoms with van der Waals surface area (Å²) in [6, 6.07) is 17.5. The summed E-state index contributed by atoms with van der Waals surface area (Å²) in [7, 11) is 1.55. The summed E-state index contributed by atoms with van der Waals surface area (Å²) in [5.74, 6) is -1.13. The first kappa shape index (κ1) is 31.0. The summed E-state index contributed by atoms with van der Waals surface area (Å²) in [6.45, 7) is 5.43. The normalized spacial score (nSPS) is 16.7. The van der Waals surface area contributed by atoms with Crippen LogP contribution in [-0.4, -0.2) is 49.3 Å². The van der Waals surface area contributed by atoms with E-state index >= 15 is 0 Å². The number of anilines is 1. The second-order valence-electron chi connectivity index (χ2n) is 10.7. The van der Waals surface area contributed by atoms with Crippen molar-refractivity contribution < 1.29 is 28.6 Å². The van der Waals surface area contributed by atoms with Crippen LogP contribution in [0.4, 0.5) is 5.69 Å². The Morgan fingerprint density at radius 3 is 2.41 bits per heavy atom. The predicted octanol–water partition coefficient (Wildman–Crippen LogP) is 4.02. The number of aromatic nitrogens is 1. The van der Waals surface area contributed by atoms with Gasteiger partial charge in [-0.3, -0.25) is 23.9 Å². The molecule has 0 radical (unpaired) electrons. The molecule has 2 aliphatic rings. The Morgan fingerprint density at radius 1 is 0.935 bits per heavy atom. The fourth-order valence-corrected chi connectivity index (χ4v) is 7.28. The smallest absolute Gasteiger partial charge is 0.338 e. The van der Waals surface area contributed by atoms with E-state index in [0.29, 0.717) is 45.9 Å². The number of hydrogen-bond acceptors (Lipinski definition) is 9. The van der Waals surface area contributed by atoms with Gasteiger partial charge in [0.1, 0.15) is 22.9 Å². The third kappa shape index (κ3) is 5.10. The number of amides is 1. The quantitative estimate of drug-likeness (QED) is 0.254. The van der Waals surface area contributed by atoms with Crippen LogP contribution in [0.3, 0.4) is 0 Å². The number of thiazole rings is 1. The summed E-state index contributed by atoms with van der Waals surface area (Å²) in [4.78, 5) is 61.6. The number of ether oxygens (including phenoxy) is 3. The van der Waals surface area contributed by atoms with E-state index < -0.39 is 29.4 Å². The van der Waals surface area contributed by atoms with Gasteiger partial charge in [0.2, 0.25) is 0 Å². The number of rotatable bonds is 9. The molecule has 3 aromatic carbocycles. The van der Waals surface area contributed by atoms with Gasteiger partial charge in [-0.05, 0) is 43.2 Å². The average molecular weight is 640 g/mol.